The molecular formula is C18H27N3O3. The summed E-state index contributed by atoms with van der Waals surface area (Å²) >= 11 is 0. The van der Waals surface area contributed by atoms with Crippen molar-refractivity contribution in [1.29, 1.82) is 0 Å². The maximum Gasteiger partial charge on any atom is 0.318 e. The van der Waals surface area contributed by atoms with E-state index in [0.29, 0.717) is 18.7 Å². The zero-order valence-corrected chi connectivity index (χ0v) is 14.6. The summed E-state index contributed by atoms with van der Waals surface area (Å²) in [6.45, 7) is 5.60. The number of nitrogens with zero attached hydrogens (tertiary/aromatic N) is 1. The molecule has 6 heteroatoms. The Hall–Kier alpha value is -1.82. The molecule has 0 aromatic carbocycles. The summed E-state index contributed by atoms with van der Waals surface area (Å²) in [5, 5.41) is 2.92. The predicted octanol–water partition coefficient (Wildman–Crippen LogP) is 1.96. The van der Waals surface area contributed by atoms with Crippen molar-refractivity contribution in [3.63, 3.8) is 0 Å². The van der Waals surface area contributed by atoms with Crippen LogP contribution in [0.15, 0.2) is 10.9 Å². The molecule has 24 heavy (non-hydrogen) atoms. The van der Waals surface area contributed by atoms with E-state index in [4.69, 9.17) is 4.74 Å². The van der Waals surface area contributed by atoms with Crippen LogP contribution in [0.4, 0.5) is 4.79 Å². The smallest absolute Gasteiger partial charge is 0.318 e. The molecule has 1 aliphatic heterocycles. The summed E-state index contributed by atoms with van der Waals surface area (Å²) in [6, 6.07) is 1.95. The third-order valence-corrected chi connectivity index (χ3v) is 5.15. The SMILES string of the molecule is CCC1CN(C(=O)NCc2cc3c([nH]c2=O)CCC3)C(CC)CO1. The fourth-order valence-corrected chi connectivity index (χ4v) is 3.56. The van der Waals surface area contributed by atoms with Crippen LogP contribution in [0.25, 0.3) is 0 Å². The molecule has 2 aliphatic rings. The number of rotatable bonds is 4. The molecule has 1 aromatic heterocycles. The van der Waals surface area contributed by atoms with Gasteiger partial charge in [0.1, 0.15) is 0 Å². The van der Waals surface area contributed by atoms with Gasteiger partial charge in [0.2, 0.25) is 0 Å². The van der Waals surface area contributed by atoms with Gasteiger partial charge in [-0.05, 0) is 43.7 Å². The van der Waals surface area contributed by atoms with Crippen LogP contribution >= 0.6 is 0 Å². The Labute approximate surface area is 142 Å². The number of aromatic amines is 1. The van der Waals surface area contributed by atoms with E-state index < -0.39 is 0 Å². The lowest BCUT2D eigenvalue weighted by Crippen LogP contribution is -2.55. The lowest BCUT2D eigenvalue weighted by atomic mass is 10.1. The molecule has 6 nitrogen and oxygen atoms in total. The van der Waals surface area contributed by atoms with Gasteiger partial charge in [0, 0.05) is 24.3 Å². The number of hydrogen-bond donors (Lipinski definition) is 2. The number of pyridine rings is 1. The molecule has 0 bridgehead atoms. The third kappa shape index (κ3) is 3.48. The van der Waals surface area contributed by atoms with Gasteiger partial charge in [-0.2, -0.15) is 0 Å². The molecule has 2 atom stereocenters. The first-order valence-corrected chi connectivity index (χ1v) is 9.02. The molecule has 1 aliphatic carbocycles. The highest BCUT2D eigenvalue weighted by atomic mass is 16.5. The zero-order valence-electron chi connectivity index (χ0n) is 14.6. The number of ether oxygens (including phenoxy) is 1. The van der Waals surface area contributed by atoms with Gasteiger partial charge in [0.15, 0.2) is 0 Å². The first-order chi connectivity index (χ1) is 11.6. The Morgan fingerprint density at radius 1 is 1.38 bits per heavy atom. The number of aromatic nitrogens is 1. The number of amides is 2. The topological polar surface area (TPSA) is 74.4 Å². The maximum absolute atomic E-state index is 12.6. The molecule has 3 rings (SSSR count). The Balaban J connectivity index is 1.65. The van der Waals surface area contributed by atoms with Gasteiger partial charge in [-0.15, -0.1) is 0 Å². The first-order valence-electron chi connectivity index (χ1n) is 9.02. The highest BCUT2D eigenvalue weighted by Gasteiger charge is 2.30. The molecule has 2 N–H and O–H groups in total. The van der Waals surface area contributed by atoms with Crippen molar-refractivity contribution in [3.05, 3.63) is 33.2 Å². The number of carbonyl (C=O) groups excluding carboxylic acids is 1. The second-order valence-electron chi connectivity index (χ2n) is 6.72. The minimum atomic E-state index is -0.108. The molecule has 2 amide bonds. The van der Waals surface area contributed by atoms with Crippen molar-refractivity contribution < 1.29 is 9.53 Å². The normalized spacial score (nSPS) is 23.2. The molecule has 1 aromatic rings. The van der Waals surface area contributed by atoms with Gasteiger partial charge >= 0.3 is 6.03 Å². The van der Waals surface area contributed by atoms with Crippen LogP contribution in [-0.2, 0) is 24.1 Å². The molecule has 0 spiro atoms. The van der Waals surface area contributed by atoms with Crippen LogP contribution in [0, 0.1) is 0 Å². The summed E-state index contributed by atoms with van der Waals surface area (Å²) in [5.74, 6) is 0. The van der Waals surface area contributed by atoms with Gasteiger partial charge in [-0.25, -0.2) is 4.79 Å². The highest BCUT2D eigenvalue weighted by Crippen LogP contribution is 2.19. The lowest BCUT2D eigenvalue weighted by molar-refractivity contribution is -0.0479. The van der Waals surface area contributed by atoms with Crippen molar-refractivity contribution in [3.8, 4) is 0 Å². The maximum atomic E-state index is 12.6. The van der Waals surface area contributed by atoms with E-state index in [1.54, 1.807) is 0 Å². The number of hydrogen-bond acceptors (Lipinski definition) is 3. The highest BCUT2D eigenvalue weighted by molar-refractivity contribution is 5.74. The molecule has 2 unspecified atom stereocenters. The molecule has 132 valence electrons. The average molecular weight is 333 g/mol. The van der Waals surface area contributed by atoms with Gasteiger partial charge in [-0.1, -0.05) is 13.8 Å². The largest absolute Gasteiger partial charge is 0.374 e. The monoisotopic (exact) mass is 333 g/mol. The number of H-pyrrole nitrogens is 1. The second kappa shape index (κ2) is 7.38. The number of morpholine rings is 1. The fourth-order valence-electron chi connectivity index (χ4n) is 3.56. The summed E-state index contributed by atoms with van der Waals surface area (Å²) in [4.78, 5) is 29.6. The summed E-state index contributed by atoms with van der Waals surface area (Å²) in [7, 11) is 0. The van der Waals surface area contributed by atoms with Crippen molar-refractivity contribution in [2.75, 3.05) is 13.2 Å². The molecule has 1 saturated heterocycles. The summed E-state index contributed by atoms with van der Waals surface area (Å²) < 4.78 is 5.77. The minimum absolute atomic E-state index is 0.0867. The quantitative estimate of drug-likeness (QED) is 0.884. The summed E-state index contributed by atoms with van der Waals surface area (Å²) in [5.41, 5.74) is 2.82. The standard InChI is InChI=1S/C18H27N3O3/c1-3-14-11-24-15(4-2)10-21(14)18(23)19-9-13-8-12-6-5-7-16(12)20-17(13)22/h8,14-15H,3-7,9-11H2,1-2H3,(H,19,23)(H,20,22). The lowest BCUT2D eigenvalue weighted by Gasteiger charge is -2.39. The van der Waals surface area contributed by atoms with Crippen molar-refractivity contribution in [1.82, 2.24) is 15.2 Å². The van der Waals surface area contributed by atoms with E-state index in [1.165, 1.54) is 5.56 Å². The third-order valence-electron chi connectivity index (χ3n) is 5.15. The predicted molar refractivity (Wildman–Crippen MR) is 92.1 cm³/mol. The van der Waals surface area contributed by atoms with Crippen LogP contribution < -0.4 is 10.9 Å². The Bertz CT molecular complexity index is 655. The zero-order chi connectivity index (χ0) is 17.1. The Morgan fingerprint density at radius 2 is 2.21 bits per heavy atom. The van der Waals surface area contributed by atoms with E-state index in [9.17, 15) is 9.59 Å². The van der Waals surface area contributed by atoms with Crippen molar-refractivity contribution in [2.45, 2.75) is 64.6 Å². The van der Waals surface area contributed by atoms with E-state index in [1.807, 2.05) is 11.0 Å². The molecule has 0 radical (unpaired) electrons. The van der Waals surface area contributed by atoms with Crippen LogP contribution in [-0.4, -0.2) is 41.2 Å². The van der Waals surface area contributed by atoms with E-state index in [2.05, 4.69) is 24.1 Å². The number of fused-ring (bicyclic) bond motifs is 1. The van der Waals surface area contributed by atoms with Gasteiger partial charge < -0.3 is 19.9 Å². The van der Waals surface area contributed by atoms with Crippen molar-refractivity contribution >= 4 is 6.03 Å². The number of aryl methyl sites for hydroxylation is 2. The van der Waals surface area contributed by atoms with Gasteiger partial charge in [0.05, 0.1) is 18.8 Å². The Kier molecular flexibility index (Phi) is 5.23. The average Bonchev–Trinajstić information content (AvgIpc) is 3.05. The van der Waals surface area contributed by atoms with Crippen molar-refractivity contribution in [2.24, 2.45) is 0 Å². The molecule has 1 fully saturated rings. The van der Waals surface area contributed by atoms with Crippen LogP contribution in [0.2, 0.25) is 0 Å². The van der Waals surface area contributed by atoms with E-state index in [-0.39, 0.29) is 30.3 Å². The molecular weight excluding hydrogens is 306 g/mol. The number of urea groups is 1. The van der Waals surface area contributed by atoms with E-state index in [0.717, 1.165) is 37.8 Å². The second-order valence-corrected chi connectivity index (χ2v) is 6.72. The van der Waals surface area contributed by atoms with Crippen LogP contribution in [0.3, 0.4) is 0 Å². The van der Waals surface area contributed by atoms with Gasteiger partial charge in [-0.3, -0.25) is 4.79 Å². The van der Waals surface area contributed by atoms with Crippen LogP contribution in [0.5, 0.6) is 0 Å². The molecule has 2 heterocycles. The Morgan fingerprint density at radius 3 is 2.96 bits per heavy atom. The number of carbonyl (C=O) groups is 1. The molecule has 0 saturated carbocycles. The minimum Gasteiger partial charge on any atom is -0.374 e. The van der Waals surface area contributed by atoms with Gasteiger partial charge in [0.25, 0.3) is 5.56 Å². The fraction of sp³-hybridized carbons (Fsp3) is 0.667. The number of nitrogens with one attached hydrogen (secondary N) is 2. The van der Waals surface area contributed by atoms with Crippen LogP contribution in [0.1, 0.15) is 49.9 Å². The van der Waals surface area contributed by atoms with E-state index >= 15 is 0 Å². The summed E-state index contributed by atoms with van der Waals surface area (Å²) in [6.07, 6.45) is 4.90. The first kappa shape index (κ1) is 17.0.